The van der Waals surface area contributed by atoms with Crippen molar-refractivity contribution < 1.29 is 9.59 Å². The van der Waals surface area contributed by atoms with Gasteiger partial charge in [0.1, 0.15) is 5.69 Å². The smallest absolute Gasteiger partial charge is 0.291 e. The van der Waals surface area contributed by atoms with Crippen LogP contribution in [0, 0.1) is 13.8 Å². The number of hydrogen-bond acceptors (Lipinski definition) is 3. The van der Waals surface area contributed by atoms with Gasteiger partial charge in [0.05, 0.1) is 5.69 Å². The zero-order valence-electron chi connectivity index (χ0n) is 17.4. The van der Waals surface area contributed by atoms with E-state index in [1.54, 1.807) is 0 Å². The molecule has 6 nitrogen and oxygen atoms in total. The van der Waals surface area contributed by atoms with Gasteiger partial charge in [0.2, 0.25) is 0 Å². The molecule has 0 radical (unpaired) electrons. The Morgan fingerprint density at radius 1 is 1.03 bits per heavy atom. The molecule has 1 aliphatic carbocycles. The van der Waals surface area contributed by atoms with E-state index in [0.29, 0.717) is 11.5 Å². The molecule has 2 aliphatic rings. The van der Waals surface area contributed by atoms with Crippen LogP contribution in [0.4, 0.5) is 5.69 Å². The lowest BCUT2D eigenvalue weighted by molar-refractivity contribution is 0.0921. The molecule has 0 spiro atoms. The average molecular weight is 395 g/mol. The van der Waals surface area contributed by atoms with Crippen molar-refractivity contribution in [2.45, 2.75) is 77.8 Å². The normalized spacial score (nSPS) is 16.9. The molecule has 154 valence electrons. The van der Waals surface area contributed by atoms with Crippen LogP contribution in [-0.2, 0) is 13.0 Å². The lowest BCUT2D eigenvalue weighted by Crippen LogP contribution is -2.37. The van der Waals surface area contributed by atoms with E-state index in [9.17, 15) is 9.59 Å². The Hall–Kier alpha value is -2.63. The molecule has 1 aromatic heterocycles. The van der Waals surface area contributed by atoms with E-state index >= 15 is 0 Å². The number of hydrogen-bond donors (Lipinski definition) is 2. The maximum atomic E-state index is 13.0. The zero-order valence-corrected chi connectivity index (χ0v) is 17.4. The number of rotatable bonds is 4. The molecular weight excluding hydrogens is 364 g/mol. The second kappa shape index (κ2) is 8.39. The summed E-state index contributed by atoms with van der Waals surface area (Å²) in [6.45, 7) is 4.75. The molecule has 1 saturated carbocycles. The summed E-state index contributed by atoms with van der Waals surface area (Å²) in [5.41, 5.74) is 4.29. The first kappa shape index (κ1) is 19.7. The Kier molecular flexibility index (Phi) is 5.69. The Morgan fingerprint density at radius 3 is 2.62 bits per heavy atom. The van der Waals surface area contributed by atoms with Gasteiger partial charge in [-0.15, -0.1) is 0 Å². The monoisotopic (exact) mass is 394 g/mol. The first-order valence-corrected chi connectivity index (χ1v) is 10.8. The lowest BCUT2D eigenvalue weighted by atomic mass is 9.95. The van der Waals surface area contributed by atoms with Gasteiger partial charge in [-0.25, -0.2) is 4.98 Å². The second-order valence-electron chi connectivity index (χ2n) is 8.35. The van der Waals surface area contributed by atoms with Crippen LogP contribution in [0.5, 0.6) is 0 Å². The summed E-state index contributed by atoms with van der Waals surface area (Å²) in [4.78, 5) is 30.6. The molecule has 2 N–H and O–H groups in total. The Morgan fingerprint density at radius 2 is 1.83 bits per heavy atom. The third-order valence-corrected chi connectivity index (χ3v) is 6.33. The highest BCUT2D eigenvalue weighted by Crippen LogP contribution is 2.24. The molecule has 0 atom stereocenters. The Labute approximate surface area is 172 Å². The van der Waals surface area contributed by atoms with Crippen LogP contribution in [-0.4, -0.2) is 27.4 Å². The molecule has 6 heteroatoms. The third-order valence-electron chi connectivity index (χ3n) is 6.33. The topological polar surface area (TPSA) is 76.0 Å². The maximum absolute atomic E-state index is 13.0. The molecule has 1 fully saturated rings. The van der Waals surface area contributed by atoms with Crippen molar-refractivity contribution in [2.75, 3.05) is 5.32 Å². The van der Waals surface area contributed by atoms with E-state index in [1.807, 2.05) is 36.6 Å². The first-order chi connectivity index (χ1) is 14.0. The van der Waals surface area contributed by atoms with Crippen LogP contribution < -0.4 is 10.6 Å². The van der Waals surface area contributed by atoms with E-state index in [4.69, 9.17) is 0 Å². The van der Waals surface area contributed by atoms with Crippen LogP contribution in [0.3, 0.4) is 0 Å². The largest absolute Gasteiger partial charge is 0.348 e. The minimum Gasteiger partial charge on any atom is -0.348 e. The highest BCUT2D eigenvalue weighted by Gasteiger charge is 2.29. The SMILES string of the molecule is Cc1cccc(NC(=O)c2nc(C(=O)NC3CCCCC3)c3n2CCCC3)c1C. The summed E-state index contributed by atoms with van der Waals surface area (Å²) in [6, 6.07) is 6.08. The van der Waals surface area contributed by atoms with Crippen molar-refractivity contribution in [2.24, 2.45) is 0 Å². The predicted molar refractivity (Wildman–Crippen MR) is 113 cm³/mol. The van der Waals surface area contributed by atoms with Gasteiger partial charge in [0.15, 0.2) is 5.82 Å². The fourth-order valence-electron chi connectivity index (χ4n) is 4.46. The van der Waals surface area contributed by atoms with Gasteiger partial charge in [0, 0.05) is 18.3 Å². The van der Waals surface area contributed by atoms with Crippen molar-refractivity contribution in [1.29, 1.82) is 0 Å². The molecule has 29 heavy (non-hydrogen) atoms. The lowest BCUT2D eigenvalue weighted by Gasteiger charge is -2.23. The molecule has 4 rings (SSSR count). The van der Waals surface area contributed by atoms with E-state index in [2.05, 4.69) is 15.6 Å². The van der Waals surface area contributed by atoms with Crippen molar-refractivity contribution >= 4 is 17.5 Å². The molecule has 1 aliphatic heterocycles. The molecule has 0 unspecified atom stereocenters. The van der Waals surface area contributed by atoms with E-state index in [0.717, 1.165) is 74.0 Å². The van der Waals surface area contributed by atoms with Crippen LogP contribution in [0.15, 0.2) is 18.2 Å². The molecule has 2 heterocycles. The van der Waals surface area contributed by atoms with Crippen LogP contribution in [0.25, 0.3) is 0 Å². The predicted octanol–water partition coefficient (Wildman–Crippen LogP) is 4.15. The summed E-state index contributed by atoms with van der Waals surface area (Å²) < 4.78 is 1.94. The molecule has 2 amide bonds. The highest BCUT2D eigenvalue weighted by atomic mass is 16.2. The van der Waals surface area contributed by atoms with Crippen molar-refractivity contribution in [3.63, 3.8) is 0 Å². The van der Waals surface area contributed by atoms with Gasteiger partial charge in [-0.1, -0.05) is 31.4 Å². The summed E-state index contributed by atoms with van der Waals surface area (Å²) >= 11 is 0. The van der Waals surface area contributed by atoms with Gasteiger partial charge in [0.25, 0.3) is 11.8 Å². The standard InChI is InChI=1S/C23H30N4O2/c1-15-9-8-12-18(16(15)2)25-23(29)21-26-20(19-13-6-7-14-27(19)21)22(28)24-17-10-4-3-5-11-17/h8-9,12,17H,3-7,10-11,13-14H2,1-2H3,(H,24,28)(H,25,29). The van der Waals surface area contributed by atoms with Crippen molar-refractivity contribution in [3.8, 4) is 0 Å². The number of amides is 2. The number of benzene rings is 1. The fraction of sp³-hybridized carbons (Fsp3) is 0.522. The second-order valence-corrected chi connectivity index (χ2v) is 8.35. The summed E-state index contributed by atoms with van der Waals surface area (Å²) in [5.74, 6) is -0.0405. The number of aryl methyl sites for hydroxylation is 1. The number of aromatic nitrogens is 2. The average Bonchev–Trinajstić information content (AvgIpc) is 3.12. The summed E-state index contributed by atoms with van der Waals surface area (Å²) in [5, 5.41) is 6.15. The van der Waals surface area contributed by atoms with Gasteiger partial charge < -0.3 is 15.2 Å². The minimum atomic E-state index is -0.251. The van der Waals surface area contributed by atoms with Crippen LogP contribution >= 0.6 is 0 Å². The Bertz CT molecular complexity index is 925. The summed E-state index contributed by atoms with van der Waals surface area (Å²) in [7, 11) is 0. The molecule has 2 aromatic rings. The number of carbonyl (C=O) groups is 2. The number of anilines is 1. The third kappa shape index (κ3) is 4.07. The van der Waals surface area contributed by atoms with E-state index < -0.39 is 0 Å². The number of carbonyl (C=O) groups excluding carboxylic acids is 2. The highest BCUT2D eigenvalue weighted by molar-refractivity contribution is 6.04. The first-order valence-electron chi connectivity index (χ1n) is 10.8. The van der Waals surface area contributed by atoms with Gasteiger partial charge in [-0.3, -0.25) is 9.59 Å². The van der Waals surface area contributed by atoms with E-state index in [-0.39, 0.29) is 17.9 Å². The number of nitrogens with zero attached hydrogens (tertiary/aromatic N) is 2. The van der Waals surface area contributed by atoms with E-state index in [1.165, 1.54) is 6.42 Å². The maximum Gasteiger partial charge on any atom is 0.291 e. The summed E-state index contributed by atoms with van der Waals surface area (Å²) in [6.07, 6.45) is 8.44. The van der Waals surface area contributed by atoms with Gasteiger partial charge >= 0.3 is 0 Å². The molecular formula is C23H30N4O2. The van der Waals surface area contributed by atoms with Gasteiger partial charge in [-0.05, 0) is 63.1 Å². The molecule has 0 bridgehead atoms. The quantitative estimate of drug-likeness (QED) is 0.818. The fourth-order valence-corrected chi connectivity index (χ4v) is 4.46. The van der Waals surface area contributed by atoms with Crippen LogP contribution in [0.2, 0.25) is 0 Å². The van der Waals surface area contributed by atoms with Crippen LogP contribution in [0.1, 0.15) is 82.9 Å². The number of fused-ring (bicyclic) bond motifs is 1. The number of nitrogens with one attached hydrogen (secondary N) is 2. The minimum absolute atomic E-state index is 0.131. The van der Waals surface area contributed by atoms with Crippen molar-refractivity contribution in [1.82, 2.24) is 14.9 Å². The molecule has 1 aromatic carbocycles. The molecule has 0 saturated heterocycles. The van der Waals surface area contributed by atoms with Gasteiger partial charge in [-0.2, -0.15) is 0 Å². The number of imidazole rings is 1. The van der Waals surface area contributed by atoms with Crippen molar-refractivity contribution in [3.05, 3.63) is 46.5 Å². The zero-order chi connectivity index (χ0) is 20.4. The Balaban J connectivity index is 1.59.